The number of aromatic amines is 1. The lowest BCUT2D eigenvalue weighted by Gasteiger charge is -2.45. The molecule has 0 aliphatic carbocycles. The number of carbonyl (C=O) groups excluding carboxylic acids is 1. The fourth-order valence-corrected chi connectivity index (χ4v) is 6.29. The van der Waals surface area contributed by atoms with E-state index in [1.54, 1.807) is 6.07 Å². The number of aromatic nitrogens is 1. The number of likely N-dealkylation sites (tertiary alicyclic amines) is 2. The van der Waals surface area contributed by atoms with Gasteiger partial charge >= 0.3 is 0 Å². The molecule has 0 spiro atoms. The SMILES string of the molecule is CC.Cc1cccc(NCC2(C)CCN(CCC3CCN(C(=O)c4cc5c(F)cc(C)cc5[nH]4)CC3)CC2C)c1. The Labute approximate surface area is 240 Å². The third-order valence-electron chi connectivity index (χ3n) is 9.25. The zero-order chi connectivity index (χ0) is 28.9. The zero-order valence-electron chi connectivity index (χ0n) is 25.4. The summed E-state index contributed by atoms with van der Waals surface area (Å²) in [5.74, 6) is 1.01. The number of nitrogens with zero attached hydrogens (tertiary/aromatic N) is 2. The molecule has 3 aromatic rings. The van der Waals surface area contributed by atoms with E-state index in [0.29, 0.717) is 33.8 Å². The summed E-state index contributed by atoms with van der Waals surface area (Å²) in [6, 6.07) is 13.7. The summed E-state index contributed by atoms with van der Waals surface area (Å²) in [6.07, 6.45) is 4.50. The summed E-state index contributed by atoms with van der Waals surface area (Å²) in [4.78, 5) is 20.8. The van der Waals surface area contributed by atoms with Gasteiger partial charge in [0.25, 0.3) is 5.91 Å². The zero-order valence-corrected chi connectivity index (χ0v) is 25.4. The molecule has 2 aliphatic heterocycles. The number of piperidine rings is 2. The van der Waals surface area contributed by atoms with Crippen LogP contribution in [0.15, 0.2) is 42.5 Å². The van der Waals surface area contributed by atoms with Crippen LogP contribution < -0.4 is 5.32 Å². The molecule has 5 rings (SSSR count). The molecule has 40 heavy (non-hydrogen) atoms. The van der Waals surface area contributed by atoms with Crippen molar-refractivity contribution >= 4 is 22.5 Å². The number of H-pyrrole nitrogens is 1. The molecule has 2 fully saturated rings. The Morgan fingerprint density at radius 3 is 2.52 bits per heavy atom. The van der Waals surface area contributed by atoms with E-state index in [0.717, 1.165) is 57.7 Å². The highest BCUT2D eigenvalue weighted by molar-refractivity contribution is 5.98. The van der Waals surface area contributed by atoms with Gasteiger partial charge in [-0.2, -0.15) is 0 Å². The maximum Gasteiger partial charge on any atom is 0.270 e. The van der Waals surface area contributed by atoms with Gasteiger partial charge < -0.3 is 20.1 Å². The number of carbonyl (C=O) groups is 1. The lowest BCUT2D eigenvalue weighted by molar-refractivity contribution is 0.0562. The number of fused-ring (bicyclic) bond motifs is 1. The first-order chi connectivity index (χ1) is 19.2. The average molecular weight is 549 g/mol. The summed E-state index contributed by atoms with van der Waals surface area (Å²) < 4.78 is 14.3. The number of rotatable bonds is 7. The summed E-state index contributed by atoms with van der Waals surface area (Å²) in [7, 11) is 0. The van der Waals surface area contributed by atoms with Crippen molar-refractivity contribution in [2.24, 2.45) is 17.3 Å². The maximum atomic E-state index is 14.3. The Morgan fingerprint density at radius 1 is 1.07 bits per heavy atom. The Kier molecular flexibility index (Phi) is 9.94. The minimum atomic E-state index is -0.274. The summed E-state index contributed by atoms with van der Waals surface area (Å²) in [5, 5.41) is 4.18. The van der Waals surface area contributed by atoms with Gasteiger partial charge in [0.1, 0.15) is 11.5 Å². The van der Waals surface area contributed by atoms with Crippen LogP contribution >= 0.6 is 0 Å². The van der Waals surface area contributed by atoms with Gasteiger partial charge in [-0.15, -0.1) is 0 Å². The molecular formula is C34H49FN4O. The monoisotopic (exact) mass is 548 g/mol. The molecule has 1 amide bonds. The molecule has 2 aromatic carbocycles. The molecule has 2 atom stereocenters. The van der Waals surface area contributed by atoms with Crippen LogP contribution in [0, 0.1) is 36.9 Å². The minimum absolute atomic E-state index is 0.0138. The van der Waals surface area contributed by atoms with Crippen molar-refractivity contribution in [3.63, 3.8) is 0 Å². The van der Waals surface area contributed by atoms with E-state index < -0.39 is 0 Å². The molecule has 5 nitrogen and oxygen atoms in total. The second-order valence-corrected chi connectivity index (χ2v) is 12.2. The number of amides is 1. The first-order valence-corrected chi connectivity index (χ1v) is 15.3. The first kappa shape index (κ1) is 30.1. The third-order valence-corrected chi connectivity index (χ3v) is 9.25. The van der Waals surface area contributed by atoms with Crippen molar-refractivity contribution in [1.29, 1.82) is 0 Å². The van der Waals surface area contributed by atoms with Gasteiger partial charge in [0.15, 0.2) is 0 Å². The van der Waals surface area contributed by atoms with Gasteiger partial charge in [-0.25, -0.2) is 4.39 Å². The minimum Gasteiger partial charge on any atom is -0.384 e. The predicted molar refractivity (Wildman–Crippen MR) is 166 cm³/mol. The van der Waals surface area contributed by atoms with Crippen LogP contribution in [-0.2, 0) is 0 Å². The van der Waals surface area contributed by atoms with E-state index in [1.807, 2.05) is 31.7 Å². The van der Waals surface area contributed by atoms with Gasteiger partial charge in [0, 0.05) is 42.8 Å². The lowest BCUT2D eigenvalue weighted by atomic mass is 9.72. The molecule has 2 aliphatic rings. The van der Waals surface area contributed by atoms with Crippen LogP contribution in [0.25, 0.3) is 10.9 Å². The average Bonchev–Trinajstić information content (AvgIpc) is 3.38. The number of hydrogen-bond acceptors (Lipinski definition) is 3. The van der Waals surface area contributed by atoms with E-state index in [2.05, 4.69) is 60.2 Å². The number of hydrogen-bond donors (Lipinski definition) is 2. The highest BCUT2D eigenvalue weighted by atomic mass is 19.1. The summed E-state index contributed by atoms with van der Waals surface area (Å²) in [6.45, 7) is 18.9. The highest BCUT2D eigenvalue weighted by Gasteiger charge is 2.36. The largest absolute Gasteiger partial charge is 0.384 e. The van der Waals surface area contributed by atoms with Gasteiger partial charge in [-0.1, -0.05) is 39.8 Å². The quantitative estimate of drug-likeness (QED) is 0.319. The van der Waals surface area contributed by atoms with Gasteiger partial charge in [-0.3, -0.25) is 4.79 Å². The van der Waals surface area contributed by atoms with Crippen molar-refractivity contribution in [3.8, 4) is 0 Å². The lowest BCUT2D eigenvalue weighted by Crippen LogP contribution is -2.48. The van der Waals surface area contributed by atoms with Gasteiger partial charge in [0.2, 0.25) is 0 Å². The first-order valence-electron chi connectivity index (χ1n) is 15.3. The molecule has 6 heteroatoms. The molecule has 2 unspecified atom stereocenters. The Hall–Kier alpha value is -2.86. The predicted octanol–water partition coefficient (Wildman–Crippen LogP) is 7.65. The molecule has 3 heterocycles. The van der Waals surface area contributed by atoms with Crippen molar-refractivity contribution in [3.05, 3.63) is 65.1 Å². The van der Waals surface area contributed by atoms with Crippen LogP contribution in [0.3, 0.4) is 0 Å². The Bertz CT molecular complexity index is 1280. The standard InChI is InChI=1S/C32H43FN4O.C2H6/c1-22-6-5-7-26(16-22)34-21-32(4)11-15-36(20-24(32)3)12-8-25-9-13-37(14-10-25)31(38)30-19-27-28(33)17-23(2)18-29(27)35-30;1-2/h5-7,16-19,24-25,34-35H,8-15,20-21H2,1-4H3;1-2H3. The Balaban J connectivity index is 0.00000181. The van der Waals surface area contributed by atoms with Gasteiger partial charge in [0.05, 0.1) is 0 Å². The van der Waals surface area contributed by atoms with Crippen molar-refractivity contribution < 1.29 is 9.18 Å². The number of nitrogens with one attached hydrogen (secondary N) is 2. The maximum absolute atomic E-state index is 14.3. The van der Waals surface area contributed by atoms with E-state index in [9.17, 15) is 9.18 Å². The number of halogens is 1. The topological polar surface area (TPSA) is 51.4 Å². The number of benzene rings is 2. The molecule has 0 bridgehead atoms. The third kappa shape index (κ3) is 7.06. The molecule has 218 valence electrons. The van der Waals surface area contributed by atoms with Crippen LogP contribution in [0.2, 0.25) is 0 Å². The smallest absolute Gasteiger partial charge is 0.270 e. The molecule has 1 aromatic heterocycles. The van der Waals surface area contributed by atoms with E-state index >= 15 is 0 Å². The number of anilines is 1. The van der Waals surface area contributed by atoms with Crippen molar-refractivity contribution in [1.82, 2.24) is 14.8 Å². The summed E-state index contributed by atoms with van der Waals surface area (Å²) >= 11 is 0. The van der Waals surface area contributed by atoms with Crippen molar-refractivity contribution in [2.75, 3.05) is 44.6 Å². The fraction of sp³-hybridized carbons (Fsp3) is 0.559. The van der Waals surface area contributed by atoms with E-state index in [1.165, 1.54) is 30.2 Å². The molecule has 0 saturated carbocycles. The Morgan fingerprint density at radius 2 is 1.82 bits per heavy atom. The molecule has 2 N–H and O–H groups in total. The molecular weight excluding hydrogens is 499 g/mol. The van der Waals surface area contributed by atoms with Gasteiger partial charge in [-0.05, 0) is 111 Å². The van der Waals surface area contributed by atoms with Crippen LogP contribution in [0.1, 0.15) is 75.0 Å². The van der Waals surface area contributed by atoms with E-state index in [-0.39, 0.29) is 11.7 Å². The van der Waals surface area contributed by atoms with Crippen molar-refractivity contribution in [2.45, 2.75) is 67.2 Å². The summed E-state index contributed by atoms with van der Waals surface area (Å²) in [5.41, 5.74) is 4.85. The molecule has 2 saturated heterocycles. The normalized spacial score (nSPS) is 22.2. The molecule has 0 radical (unpaired) electrons. The fourth-order valence-electron chi connectivity index (χ4n) is 6.29. The van der Waals surface area contributed by atoms with Crippen LogP contribution in [0.4, 0.5) is 10.1 Å². The second kappa shape index (κ2) is 13.2. The second-order valence-electron chi connectivity index (χ2n) is 12.2. The van der Waals surface area contributed by atoms with Crippen LogP contribution in [0.5, 0.6) is 0 Å². The van der Waals surface area contributed by atoms with Crippen LogP contribution in [-0.4, -0.2) is 60.0 Å². The number of aryl methyl sites for hydroxylation is 2. The van der Waals surface area contributed by atoms with E-state index in [4.69, 9.17) is 0 Å². The highest BCUT2D eigenvalue weighted by Crippen LogP contribution is 2.37.